The SMILES string of the molecule is CC.CC.Cc1ccnc(C(C)(C)C)c1. The number of aromatic nitrogens is 1. The van der Waals surface area contributed by atoms with E-state index in [2.05, 4.69) is 38.7 Å². The smallest absolute Gasteiger partial charge is 0.0459 e. The quantitative estimate of drug-likeness (QED) is 0.601. The molecule has 1 heterocycles. The first-order chi connectivity index (χ1) is 7.00. The van der Waals surface area contributed by atoms with Crippen LogP contribution < -0.4 is 0 Å². The van der Waals surface area contributed by atoms with E-state index in [0.29, 0.717) is 0 Å². The lowest BCUT2D eigenvalue weighted by Gasteiger charge is -2.17. The van der Waals surface area contributed by atoms with E-state index < -0.39 is 0 Å². The maximum Gasteiger partial charge on any atom is 0.0459 e. The first kappa shape index (κ1) is 16.6. The van der Waals surface area contributed by atoms with Crippen molar-refractivity contribution in [1.29, 1.82) is 0 Å². The first-order valence-electron chi connectivity index (χ1n) is 5.93. The van der Waals surface area contributed by atoms with Crippen LogP contribution in [0.25, 0.3) is 0 Å². The average molecular weight is 209 g/mol. The number of aryl methyl sites for hydroxylation is 1. The summed E-state index contributed by atoms with van der Waals surface area (Å²) < 4.78 is 0. The molecule has 0 unspecified atom stereocenters. The van der Waals surface area contributed by atoms with Gasteiger partial charge in [-0.2, -0.15) is 0 Å². The van der Waals surface area contributed by atoms with Crippen molar-refractivity contribution in [2.45, 2.75) is 60.8 Å². The maximum atomic E-state index is 4.31. The Labute approximate surface area is 95.9 Å². The summed E-state index contributed by atoms with van der Waals surface area (Å²) in [6.07, 6.45) is 1.87. The van der Waals surface area contributed by atoms with Crippen molar-refractivity contribution in [3.63, 3.8) is 0 Å². The molecule has 0 aliphatic carbocycles. The van der Waals surface area contributed by atoms with Gasteiger partial charge in [0.05, 0.1) is 0 Å². The molecule has 0 radical (unpaired) electrons. The zero-order valence-corrected chi connectivity index (χ0v) is 11.7. The van der Waals surface area contributed by atoms with Crippen LogP contribution >= 0.6 is 0 Å². The van der Waals surface area contributed by atoms with Gasteiger partial charge in [-0.25, -0.2) is 0 Å². The predicted octanol–water partition coefficient (Wildman–Crippen LogP) is 4.74. The third-order valence-electron chi connectivity index (χ3n) is 1.68. The second kappa shape index (κ2) is 8.46. The minimum absolute atomic E-state index is 0.173. The number of hydrogen-bond donors (Lipinski definition) is 0. The molecule has 0 spiro atoms. The summed E-state index contributed by atoms with van der Waals surface area (Å²) >= 11 is 0. The van der Waals surface area contributed by atoms with Crippen LogP contribution in [0.2, 0.25) is 0 Å². The van der Waals surface area contributed by atoms with Crippen molar-refractivity contribution in [2.24, 2.45) is 0 Å². The number of nitrogens with zero attached hydrogens (tertiary/aromatic N) is 1. The van der Waals surface area contributed by atoms with E-state index >= 15 is 0 Å². The van der Waals surface area contributed by atoms with Crippen molar-refractivity contribution in [3.8, 4) is 0 Å². The number of hydrogen-bond acceptors (Lipinski definition) is 1. The Kier molecular flexibility index (Phi) is 9.35. The van der Waals surface area contributed by atoms with Crippen molar-refractivity contribution in [2.75, 3.05) is 0 Å². The Morgan fingerprint density at radius 3 is 1.73 bits per heavy atom. The van der Waals surface area contributed by atoms with Crippen molar-refractivity contribution >= 4 is 0 Å². The summed E-state index contributed by atoms with van der Waals surface area (Å²) in [4.78, 5) is 4.31. The molecule has 1 aromatic heterocycles. The van der Waals surface area contributed by atoms with Crippen LogP contribution in [0.5, 0.6) is 0 Å². The van der Waals surface area contributed by atoms with Gasteiger partial charge in [0.2, 0.25) is 0 Å². The number of pyridine rings is 1. The van der Waals surface area contributed by atoms with E-state index in [0.717, 1.165) is 5.69 Å². The van der Waals surface area contributed by atoms with Crippen LogP contribution in [0.1, 0.15) is 59.7 Å². The fraction of sp³-hybridized carbons (Fsp3) is 0.643. The van der Waals surface area contributed by atoms with Gasteiger partial charge in [0.25, 0.3) is 0 Å². The summed E-state index contributed by atoms with van der Waals surface area (Å²) in [5.74, 6) is 0. The van der Waals surface area contributed by atoms with Gasteiger partial charge < -0.3 is 0 Å². The first-order valence-corrected chi connectivity index (χ1v) is 5.93. The molecule has 0 aliphatic rings. The van der Waals surface area contributed by atoms with E-state index in [1.165, 1.54) is 5.56 Å². The predicted molar refractivity (Wildman–Crippen MR) is 70.4 cm³/mol. The average Bonchev–Trinajstić information content (AvgIpc) is 2.23. The normalized spacial score (nSPS) is 9.33. The largest absolute Gasteiger partial charge is 0.261 e. The molecule has 0 saturated heterocycles. The molecular weight excluding hydrogens is 182 g/mol. The molecule has 0 bridgehead atoms. The highest BCUT2D eigenvalue weighted by atomic mass is 14.7. The van der Waals surface area contributed by atoms with Crippen LogP contribution in [-0.4, -0.2) is 4.98 Å². The lowest BCUT2D eigenvalue weighted by atomic mass is 9.91. The van der Waals surface area contributed by atoms with E-state index in [4.69, 9.17) is 0 Å². The Morgan fingerprint density at radius 2 is 1.47 bits per heavy atom. The molecule has 1 nitrogen and oxygen atoms in total. The van der Waals surface area contributed by atoms with E-state index in [1.807, 2.05) is 40.0 Å². The van der Waals surface area contributed by atoms with Gasteiger partial charge in [-0.3, -0.25) is 4.98 Å². The van der Waals surface area contributed by atoms with Gasteiger partial charge in [0.15, 0.2) is 0 Å². The molecule has 0 aromatic carbocycles. The van der Waals surface area contributed by atoms with E-state index in [9.17, 15) is 0 Å². The molecule has 88 valence electrons. The number of rotatable bonds is 0. The Balaban J connectivity index is 0. The topological polar surface area (TPSA) is 12.9 Å². The van der Waals surface area contributed by atoms with Crippen molar-refractivity contribution < 1.29 is 0 Å². The highest BCUT2D eigenvalue weighted by molar-refractivity contribution is 5.19. The second-order valence-corrected chi connectivity index (χ2v) is 3.97. The molecular formula is C14H27N. The molecule has 1 rings (SSSR count). The van der Waals surface area contributed by atoms with Crippen LogP contribution in [0.4, 0.5) is 0 Å². The van der Waals surface area contributed by atoms with Gasteiger partial charge in [-0.15, -0.1) is 0 Å². The third-order valence-corrected chi connectivity index (χ3v) is 1.68. The molecule has 0 N–H and O–H groups in total. The molecule has 0 atom stereocenters. The molecule has 1 aromatic rings. The minimum atomic E-state index is 0.173. The summed E-state index contributed by atoms with van der Waals surface area (Å²) in [6, 6.07) is 4.16. The molecule has 15 heavy (non-hydrogen) atoms. The van der Waals surface area contributed by atoms with Crippen LogP contribution in [0.15, 0.2) is 18.3 Å². The Hall–Kier alpha value is -0.850. The fourth-order valence-electron chi connectivity index (χ4n) is 0.946. The molecule has 1 heteroatoms. The summed E-state index contributed by atoms with van der Waals surface area (Å²) in [5.41, 5.74) is 2.62. The van der Waals surface area contributed by atoms with Crippen LogP contribution in [-0.2, 0) is 5.41 Å². The van der Waals surface area contributed by atoms with E-state index in [1.54, 1.807) is 0 Å². The standard InChI is InChI=1S/C10H15N.2C2H6/c1-8-5-6-11-9(7-8)10(2,3)4;2*1-2/h5-7H,1-4H3;2*1-2H3. The zero-order valence-electron chi connectivity index (χ0n) is 11.7. The monoisotopic (exact) mass is 209 g/mol. The third kappa shape index (κ3) is 7.12. The van der Waals surface area contributed by atoms with Gasteiger partial charge in [-0.05, 0) is 24.6 Å². The molecule has 0 amide bonds. The molecule has 0 fully saturated rings. The van der Waals surface area contributed by atoms with Gasteiger partial charge in [0, 0.05) is 17.3 Å². The van der Waals surface area contributed by atoms with Gasteiger partial charge >= 0.3 is 0 Å². The van der Waals surface area contributed by atoms with E-state index in [-0.39, 0.29) is 5.41 Å². The van der Waals surface area contributed by atoms with Gasteiger partial charge in [-0.1, -0.05) is 48.5 Å². The van der Waals surface area contributed by atoms with Crippen molar-refractivity contribution in [1.82, 2.24) is 4.98 Å². The van der Waals surface area contributed by atoms with Gasteiger partial charge in [0.1, 0.15) is 0 Å². The maximum absolute atomic E-state index is 4.31. The van der Waals surface area contributed by atoms with Crippen LogP contribution in [0, 0.1) is 6.92 Å². The van der Waals surface area contributed by atoms with Crippen LogP contribution in [0.3, 0.4) is 0 Å². The summed E-state index contributed by atoms with van der Waals surface area (Å²) in [5, 5.41) is 0. The zero-order chi connectivity index (χ0) is 12.5. The highest BCUT2D eigenvalue weighted by Crippen LogP contribution is 2.19. The fourth-order valence-corrected chi connectivity index (χ4v) is 0.946. The highest BCUT2D eigenvalue weighted by Gasteiger charge is 2.14. The molecule has 0 aliphatic heterocycles. The summed E-state index contributed by atoms with van der Waals surface area (Å²) in [7, 11) is 0. The minimum Gasteiger partial charge on any atom is -0.261 e. The molecule has 0 saturated carbocycles. The lowest BCUT2D eigenvalue weighted by Crippen LogP contribution is -2.13. The lowest BCUT2D eigenvalue weighted by molar-refractivity contribution is 0.568. The van der Waals surface area contributed by atoms with Crippen molar-refractivity contribution in [3.05, 3.63) is 29.6 Å². The summed E-state index contributed by atoms with van der Waals surface area (Å²) in [6.45, 7) is 16.6. The Morgan fingerprint density at radius 1 is 1.00 bits per heavy atom. The Bertz CT molecular complexity index is 246. The second-order valence-electron chi connectivity index (χ2n) is 3.97.